The van der Waals surface area contributed by atoms with E-state index in [9.17, 15) is 0 Å². The Hall–Kier alpha value is -4.83. The molecule has 8 rings (SSSR count). The summed E-state index contributed by atoms with van der Waals surface area (Å²) in [6, 6.07) is 65.8. The summed E-state index contributed by atoms with van der Waals surface area (Å²) >= 11 is 0. The summed E-state index contributed by atoms with van der Waals surface area (Å²) in [4.78, 5) is 0. The van der Waals surface area contributed by atoms with Gasteiger partial charge in [-0.2, -0.15) is 0 Å². The fourth-order valence-corrected chi connectivity index (χ4v) is 14.0. The largest absolute Gasteiger partial charge is 0.464 e. The Morgan fingerprint density at radius 3 is 0.893 bits per heavy atom. The molecule has 8 aromatic rings. The van der Waals surface area contributed by atoms with Gasteiger partial charge in [0.15, 0.2) is 16.3 Å². The van der Waals surface area contributed by atoms with Crippen LogP contribution >= 0.6 is 16.3 Å². The lowest BCUT2D eigenvalue weighted by molar-refractivity contribution is 0.628. The van der Waals surface area contributed by atoms with Crippen LogP contribution < -0.4 is 40.6 Å². The SMILES string of the molecule is C[Si](C)(C)c1cc2ccccc2c(-c2c(OP(c3ccccc3)c3ccccc3)c([Si](C)(C)C)cc3ccccc23)c1OP(c1ccccc1)c1ccccc1. The van der Waals surface area contributed by atoms with Gasteiger partial charge >= 0.3 is 0 Å². The first kappa shape index (κ1) is 38.1. The van der Waals surface area contributed by atoms with Gasteiger partial charge in [-0.15, -0.1) is 0 Å². The molecule has 278 valence electrons. The first-order valence-corrected chi connectivity index (χ1v) is 28.9. The van der Waals surface area contributed by atoms with Crippen molar-refractivity contribution in [1.29, 1.82) is 0 Å². The molecule has 0 bridgehead atoms. The topological polar surface area (TPSA) is 18.5 Å². The summed E-state index contributed by atoms with van der Waals surface area (Å²) < 4.78 is 15.6. The van der Waals surface area contributed by atoms with E-state index in [1.54, 1.807) is 0 Å². The van der Waals surface area contributed by atoms with Gasteiger partial charge in [0, 0.05) is 32.3 Å². The summed E-state index contributed by atoms with van der Waals surface area (Å²) in [5.74, 6) is 1.96. The van der Waals surface area contributed by atoms with E-state index in [0.717, 1.165) is 22.6 Å². The molecule has 0 atom stereocenters. The first-order valence-electron chi connectivity index (χ1n) is 19.4. The van der Waals surface area contributed by atoms with Crippen LogP contribution in [0.4, 0.5) is 0 Å². The van der Waals surface area contributed by atoms with Crippen molar-refractivity contribution in [1.82, 2.24) is 0 Å². The Labute approximate surface area is 336 Å². The predicted molar refractivity (Wildman–Crippen MR) is 252 cm³/mol. The standard InChI is InChI=1S/C50H48O2P2Si2/c1-55(2,3)45-35-37-23-19-21-33-43(37)47(49(45)51-53(39-25-11-7-12-26-39)40-27-13-8-14-28-40)48-44-34-22-20-24-38(44)36-46(56(4,5)6)50(48)52-54(41-29-15-9-16-30-41)42-31-17-10-18-32-42/h7-36H,1-6H3. The molecular formula is C50H48O2P2Si2. The third-order valence-corrected chi connectivity index (χ3v) is 18.0. The van der Waals surface area contributed by atoms with E-state index in [0.29, 0.717) is 0 Å². The van der Waals surface area contributed by atoms with Crippen molar-refractivity contribution in [3.63, 3.8) is 0 Å². The van der Waals surface area contributed by atoms with Crippen LogP contribution in [-0.4, -0.2) is 16.1 Å². The van der Waals surface area contributed by atoms with Gasteiger partial charge in [-0.05, 0) is 31.9 Å². The summed E-state index contributed by atoms with van der Waals surface area (Å²) in [5.41, 5.74) is 2.25. The number of rotatable bonds is 11. The van der Waals surface area contributed by atoms with Gasteiger partial charge < -0.3 is 9.05 Å². The quantitative estimate of drug-likeness (QED) is 0.0958. The minimum absolute atomic E-state index is 0.980. The molecule has 0 saturated heterocycles. The van der Waals surface area contributed by atoms with Gasteiger partial charge in [0.25, 0.3) is 0 Å². The summed E-state index contributed by atoms with van der Waals surface area (Å²) in [7, 11) is -6.55. The van der Waals surface area contributed by atoms with Gasteiger partial charge in [0.2, 0.25) is 0 Å². The maximum atomic E-state index is 7.80. The summed E-state index contributed by atoms with van der Waals surface area (Å²) in [5, 5.41) is 12.1. The molecule has 2 nitrogen and oxygen atoms in total. The Bertz CT molecular complexity index is 2340. The molecule has 6 heteroatoms. The maximum absolute atomic E-state index is 7.80. The van der Waals surface area contributed by atoms with Gasteiger partial charge in [0.1, 0.15) is 11.5 Å². The van der Waals surface area contributed by atoms with E-state index >= 15 is 0 Å². The normalized spacial score (nSPS) is 12.1. The second-order valence-corrected chi connectivity index (χ2v) is 30.0. The van der Waals surface area contributed by atoms with Crippen LogP contribution in [0.15, 0.2) is 182 Å². The molecule has 0 spiro atoms. The molecule has 0 amide bonds. The van der Waals surface area contributed by atoms with Crippen LogP contribution in [0, 0.1) is 0 Å². The molecule has 0 N–H and O–H groups in total. The van der Waals surface area contributed by atoms with Gasteiger partial charge in [0.05, 0.1) is 16.1 Å². The van der Waals surface area contributed by atoms with Crippen molar-refractivity contribution in [2.24, 2.45) is 0 Å². The van der Waals surface area contributed by atoms with Crippen molar-refractivity contribution < 1.29 is 9.05 Å². The van der Waals surface area contributed by atoms with E-state index in [-0.39, 0.29) is 0 Å². The fraction of sp³-hybridized carbons (Fsp3) is 0.120. The summed E-state index contributed by atoms with van der Waals surface area (Å²) in [6.45, 7) is 14.7. The number of fused-ring (bicyclic) bond motifs is 2. The molecule has 0 fully saturated rings. The van der Waals surface area contributed by atoms with Crippen LogP contribution in [0.5, 0.6) is 11.5 Å². The minimum Gasteiger partial charge on any atom is -0.464 e. The zero-order valence-electron chi connectivity index (χ0n) is 33.0. The van der Waals surface area contributed by atoms with Gasteiger partial charge in [-0.25, -0.2) is 0 Å². The Morgan fingerprint density at radius 2 is 0.607 bits per heavy atom. The minimum atomic E-state index is -2.04. The van der Waals surface area contributed by atoms with Crippen LogP contribution in [0.1, 0.15) is 0 Å². The highest BCUT2D eigenvalue weighted by molar-refractivity contribution is 7.69. The zero-order chi connectivity index (χ0) is 38.9. The number of benzene rings is 8. The van der Waals surface area contributed by atoms with E-state index in [4.69, 9.17) is 9.05 Å². The van der Waals surface area contributed by atoms with Crippen LogP contribution in [0.25, 0.3) is 32.7 Å². The highest BCUT2D eigenvalue weighted by Gasteiger charge is 2.34. The lowest BCUT2D eigenvalue weighted by Crippen LogP contribution is -2.40. The van der Waals surface area contributed by atoms with Crippen LogP contribution in [-0.2, 0) is 0 Å². The van der Waals surface area contributed by atoms with Crippen LogP contribution in [0.2, 0.25) is 39.3 Å². The van der Waals surface area contributed by atoms with E-state index < -0.39 is 32.4 Å². The molecule has 8 aromatic carbocycles. The Balaban J connectivity index is 1.52. The molecule has 0 heterocycles. The second kappa shape index (κ2) is 16.0. The van der Waals surface area contributed by atoms with Gasteiger partial charge in [-0.3, -0.25) is 0 Å². The summed E-state index contributed by atoms with van der Waals surface area (Å²) in [6.07, 6.45) is 0. The zero-order valence-corrected chi connectivity index (χ0v) is 36.8. The molecule has 0 radical (unpaired) electrons. The first-order chi connectivity index (χ1) is 27.1. The molecule has 0 aliphatic heterocycles. The Morgan fingerprint density at radius 1 is 0.339 bits per heavy atom. The molecule has 0 aliphatic carbocycles. The van der Waals surface area contributed by atoms with Crippen molar-refractivity contribution in [2.75, 3.05) is 0 Å². The van der Waals surface area contributed by atoms with Crippen molar-refractivity contribution in [3.05, 3.63) is 182 Å². The molecule has 0 saturated carbocycles. The smallest absolute Gasteiger partial charge is 0.150 e. The molecule has 0 aromatic heterocycles. The fourth-order valence-electron chi connectivity index (χ4n) is 7.40. The van der Waals surface area contributed by atoms with E-state index in [1.165, 1.54) is 53.1 Å². The highest BCUT2D eigenvalue weighted by Crippen LogP contribution is 2.51. The van der Waals surface area contributed by atoms with Crippen molar-refractivity contribution >= 4 is 85.6 Å². The number of hydrogen-bond acceptors (Lipinski definition) is 2. The van der Waals surface area contributed by atoms with Crippen LogP contribution in [0.3, 0.4) is 0 Å². The highest BCUT2D eigenvalue weighted by atomic mass is 31.1. The van der Waals surface area contributed by atoms with E-state index in [1.807, 2.05) is 0 Å². The molecule has 56 heavy (non-hydrogen) atoms. The Kier molecular flexibility index (Phi) is 10.9. The molecule has 0 unspecified atom stereocenters. The van der Waals surface area contributed by atoms with E-state index in [2.05, 4.69) is 221 Å². The monoisotopic (exact) mass is 798 g/mol. The molecular weight excluding hydrogens is 751 g/mol. The molecule has 0 aliphatic rings. The maximum Gasteiger partial charge on any atom is 0.150 e. The third-order valence-electron chi connectivity index (χ3n) is 10.2. The average Bonchev–Trinajstić information content (AvgIpc) is 3.22. The van der Waals surface area contributed by atoms with Crippen molar-refractivity contribution in [2.45, 2.75) is 39.3 Å². The third kappa shape index (κ3) is 7.77. The number of hydrogen-bond donors (Lipinski definition) is 0. The van der Waals surface area contributed by atoms with Gasteiger partial charge in [-0.1, -0.05) is 221 Å². The average molecular weight is 799 g/mol. The predicted octanol–water partition coefficient (Wildman–Crippen LogP) is 11.6. The lowest BCUT2D eigenvalue weighted by atomic mass is 9.92. The van der Waals surface area contributed by atoms with Crippen molar-refractivity contribution in [3.8, 4) is 22.6 Å². The lowest BCUT2D eigenvalue weighted by Gasteiger charge is -2.32. The second-order valence-electron chi connectivity index (χ2n) is 16.3.